The number of hydrogen-bond donors (Lipinski definition) is 3. The highest BCUT2D eigenvalue weighted by Gasteiger charge is 2.44. The number of nitrogens with one attached hydrogen (secondary N) is 3. The summed E-state index contributed by atoms with van der Waals surface area (Å²) in [5.74, 6) is -0.541. The first-order valence-electron chi connectivity index (χ1n) is 20.8. The lowest BCUT2D eigenvalue weighted by Crippen LogP contribution is -2.52. The first-order chi connectivity index (χ1) is 31.0. The quantitative estimate of drug-likeness (QED) is 0.0875. The Morgan fingerprint density at radius 2 is 1.23 bits per heavy atom. The number of rotatable bonds is 6. The van der Waals surface area contributed by atoms with Crippen LogP contribution in [0.5, 0.6) is 23.0 Å². The maximum absolute atomic E-state index is 13.0. The molecule has 14 nitrogen and oxygen atoms in total. The zero-order valence-corrected chi connectivity index (χ0v) is 35.9. The molecule has 1 amide bonds. The molecular formula is C44H40Cl4N4O10. The van der Waals surface area contributed by atoms with Gasteiger partial charge in [-0.3, -0.25) is 19.7 Å². The van der Waals surface area contributed by atoms with Crippen molar-refractivity contribution in [3.05, 3.63) is 119 Å². The topological polar surface area (TPSA) is 171 Å². The van der Waals surface area contributed by atoms with Crippen molar-refractivity contribution in [3.63, 3.8) is 0 Å². The van der Waals surface area contributed by atoms with E-state index in [1.54, 1.807) is 30.3 Å². The number of amides is 1. The highest BCUT2D eigenvalue weighted by molar-refractivity contribution is 6.67. The summed E-state index contributed by atoms with van der Waals surface area (Å²) in [5.41, 5.74) is 7.04. The molecule has 0 aliphatic carbocycles. The fraction of sp³-hybridized carbons (Fsp3) is 0.273. The molecule has 4 aliphatic rings. The van der Waals surface area contributed by atoms with Gasteiger partial charge in [-0.2, -0.15) is 0 Å². The van der Waals surface area contributed by atoms with Gasteiger partial charge in [0.05, 0.1) is 32.2 Å². The molecule has 10 rings (SSSR count). The third kappa shape index (κ3) is 8.57. The normalized spacial score (nSPS) is 21.4. The Labute approximate surface area is 382 Å². The van der Waals surface area contributed by atoms with E-state index in [0.29, 0.717) is 23.5 Å². The second kappa shape index (κ2) is 19.2. The molecule has 0 spiro atoms. The van der Waals surface area contributed by atoms with Gasteiger partial charge in [-0.1, -0.05) is 48.5 Å². The van der Waals surface area contributed by atoms with Crippen LogP contribution in [0.4, 0.5) is 0 Å². The van der Waals surface area contributed by atoms with Crippen molar-refractivity contribution in [2.75, 3.05) is 39.5 Å². The average Bonchev–Trinajstić information content (AvgIpc) is 4.04. The van der Waals surface area contributed by atoms with Gasteiger partial charge >= 0.3 is 11.9 Å². The number of carbonyl (C=O) groups is 4. The number of aromatic amines is 2. The Morgan fingerprint density at radius 3 is 1.79 bits per heavy atom. The zero-order chi connectivity index (χ0) is 46.4. The van der Waals surface area contributed by atoms with Crippen molar-refractivity contribution < 1.29 is 53.1 Å². The fourth-order valence-electron chi connectivity index (χ4n) is 8.07. The Balaban J connectivity index is 0.000000177. The summed E-state index contributed by atoms with van der Waals surface area (Å²) >= 11 is 15.5. The molecule has 0 unspecified atom stereocenters. The van der Waals surface area contributed by atoms with Gasteiger partial charge in [0, 0.05) is 46.0 Å². The SMILES string of the molecule is Cl.O=C(Cl)CCl.[2H]C1([2H])Oc2ccc([C@@H]3c4[nH]c5ccccc5c4C[C@H](C(=O)OC)N3C(=O)CCl)cc2O1.[2H]C1([2H])Oc2ccc([C@H]3N[C@@H](C(=O)OC)Cc4c3[nH]c3ccccc43)cc2O1. The van der Waals surface area contributed by atoms with Crippen molar-refractivity contribution in [2.45, 2.75) is 37.0 Å². The van der Waals surface area contributed by atoms with Gasteiger partial charge in [0.1, 0.15) is 23.4 Å². The zero-order valence-electron chi connectivity index (χ0n) is 36.8. The summed E-state index contributed by atoms with van der Waals surface area (Å²) in [7, 11) is 2.67. The highest BCUT2D eigenvalue weighted by Crippen LogP contribution is 2.44. The van der Waals surface area contributed by atoms with Crippen LogP contribution < -0.4 is 24.3 Å². The molecule has 0 saturated heterocycles. The number of aromatic nitrogens is 2. The first-order valence-corrected chi connectivity index (χ1v) is 20.3. The van der Waals surface area contributed by atoms with Gasteiger partial charge in [0.2, 0.25) is 24.6 Å². The number of esters is 2. The van der Waals surface area contributed by atoms with Crippen LogP contribution in [0.3, 0.4) is 0 Å². The third-order valence-corrected chi connectivity index (χ3v) is 11.4. The van der Waals surface area contributed by atoms with Gasteiger partial charge in [-0.25, -0.2) is 4.79 Å². The second-order valence-corrected chi connectivity index (χ2v) is 15.0. The summed E-state index contributed by atoms with van der Waals surface area (Å²) in [5, 5.41) is 4.88. The van der Waals surface area contributed by atoms with Crippen molar-refractivity contribution in [1.29, 1.82) is 0 Å². The average molecular weight is 931 g/mol. The van der Waals surface area contributed by atoms with Crippen LogP contribution in [0.1, 0.15) is 51.2 Å². The van der Waals surface area contributed by atoms with E-state index in [1.807, 2.05) is 54.6 Å². The van der Waals surface area contributed by atoms with Crippen molar-refractivity contribution in [1.82, 2.24) is 20.2 Å². The molecule has 4 aromatic carbocycles. The number of benzene rings is 4. The molecule has 0 fully saturated rings. The number of nitrogens with zero attached hydrogens (tertiary/aromatic N) is 1. The van der Waals surface area contributed by atoms with Crippen LogP contribution in [-0.2, 0) is 41.5 Å². The largest absolute Gasteiger partial charge is 0.468 e. The van der Waals surface area contributed by atoms with Gasteiger partial charge in [0.15, 0.2) is 23.0 Å². The Kier molecular flexibility index (Phi) is 12.1. The van der Waals surface area contributed by atoms with Gasteiger partial charge in [-0.15, -0.1) is 35.6 Å². The smallest absolute Gasteiger partial charge is 0.328 e. The maximum atomic E-state index is 13.0. The summed E-state index contributed by atoms with van der Waals surface area (Å²) in [6.45, 7) is -4.46. The van der Waals surface area contributed by atoms with Gasteiger partial charge in [-0.05, 0) is 70.3 Å². The molecule has 4 atom stereocenters. The molecule has 18 heteroatoms. The summed E-state index contributed by atoms with van der Waals surface area (Å²) in [6, 6.07) is 23.5. The van der Waals surface area contributed by atoms with Crippen molar-refractivity contribution in [2.24, 2.45) is 0 Å². The van der Waals surface area contributed by atoms with E-state index in [2.05, 4.69) is 15.3 Å². The Hall–Kier alpha value is -5.64. The number of para-hydroxylation sites is 2. The minimum absolute atomic E-state index is 0. The number of ether oxygens (including phenoxy) is 6. The standard InChI is InChI=1S/C22H19ClN2O5.C20H18N2O4.C2H2Cl2O.ClH/c1-28-22(27)16-9-14-13-4-2-3-5-15(13)24-20(14)21(25(16)19(26)10-23)12-6-7-17-18(8-12)30-11-29-17;1-24-20(23)15-9-13-12-4-2-3-5-14(12)21-19(13)18(22-15)11-6-7-16-17(8-11)26-10-25-16;3-1-2(4)5;/h2-8,16,21,24H,9-11H2,1H3;2-8,15,18,21-22H,9-10H2,1H3;1H2;1H/t16-,21-;15-,18-;;/m11../s1/i11D2;10D2;;. The van der Waals surface area contributed by atoms with Crippen LogP contribution >= 0.6 is 47.2 Å². The first kappa shape index (κ1) is 39.2. The lowest BCUT2D eigenvalue weighted by molar-refractivity contribution is -0.154. The number of fused-ring (bicyclic) bond motifs is 8. The maximum Gasteiger partial charge on any atom is 0.328 e. The Morgan fingerprint density at radius 1 is 0.710 bits per heavy atom. The number of methoxy groups -OCH3 is 2. The number of H-pyrrole nitrogens is 2. The van der Waals surface area contributed by atoms with Crippen molar-refractivity contribution in [3.8, 4) is 23.0 Å². The predicted molar refractivity (Wildman–Crippen MR) is 234 cm³/mol. The lowest BCUT2D eigenvalue weighted by atomic mass is 9.87. The van der Waals surface area contributed by atoms with Gasteiger partial charge < -0.3 is 43.3 Å². The summed E-state index contributed by atoms with van der Waals surface area (Å²) in [4.78, 5) is 55.8. The molecule has 0 saturated carbocycles. The van der Waals surface area contributed by atoms with E-state index in [-0.39, 0.29) is 54.1 Å². The molecule has 4 aliphatic heterocycles. The van der Waals surface area contributed by atoms with E-state index in [0.717, 1.165) is 49.9 Å². The monoisotopic (exact) mass is 928 g/mol. The van der Waals surface area contributed by atoms with E-state index in [4.69, 9.17) is 68.7 Å². The van der Waals surface area contributed by atoms with E-state index in [9.17, 15) is 19.2 Å². The summed E-state index contributed by atoms with van der Waals surface area (Å²) in [6.07, 6.45) is 0.799. The molecule has 0 bridgehead atoms. The lowest BCUT2D eigenvalue weighted by Gasteiger charge is -2.40. The molecule has 2 aromatic heterocycles. The minimum Gasteiger partial charge on any atom is -0.468 e. The fourth-order valence-corrected chi connectivity index (χ4v) is 8.21. The predicted octanol–water partition coefficient (Wildman–Crippen LogP) is 7.24. The van der Waals surface area contributed by atoms with E-state index >= 15 is 0 Å². The molecule has 0 radical (unpaired) electrons. The second-order valence-electron chi connectivity index (χ2n) is 14.1. The van der Waals surface area contributed by atoms with E-state index in [1.165, 1.54) is 19.1 Å². The highest BCUT2D eigenvalue weighted by atomic mass is 35.5. The molecule has 6 heterocycles. The third-order valence-electron chi connectivity index (χ3n) is 10.7. The number of hydrogen-bond acceptors (Lipinski definition) is 11. The van der Waals surface area contributed by atoms with E-state index < -0.39 is 48.7 Å². The Bertz CT molecular complexity index is 2840. The molecular weight excluding hydrogens is 886 g/mol. The number of alkyl halides is 2. The molecule has 6 aromatic rings. The van der Waals surface area contributed by atoms with Crippen molar-refractivity contribution >= 4 is 92.1 Å². The van der Waals surface area contributed by atoms with Crippen LogP contribution in [0.25, 0.3) is 21.8 Å². The molecule has 3 N–H and O–H groups in total. The van der Waals surface area contributed by atoms with Gasteiger partial charge in [0.25, 0.3) is 0 Å². The molecule has 62 heavy (non-hydrogen) atoms. The van der Waals surface area contributed by atoms with Crippen LogP contribution in [0, 0.1) is 0 Å². The van der Waals surface area contributed by atoms with Crippen LogP contribution in [-0.4, -0.2) is 89.5 Å². The number of halogens is 4. The van der Waals surface area contributed by atoms with Crippen LogP contribution in [0.15, 0.2) is 84.9 Å². The minimum atomic E-state index is -2.28. The van der Waals surface area contributed by atoms with Crippen LogP contribution in [0.2, 0.25) is 0 Å². The molecule has 324 valence electrons. The number of carbonyl (C=O) groups excluding carboxylic acids is 4. The summed E-state index contributed by atoms with van der Waals surface area (Å²) < 4.78 is 61.5.